The van der Waals surface area contributed by atoms with Crippen LogP contribution < -0.4 is 4.90 Å². The third-order valence-corrected chi connectivity index (χ3v) is 3.73. The Hall–Kier alpha value is -2.37. The molecule has 0 unspecified atom stereocenters. The Balaban J connectivity index is 1.57. The normalized spacial score (nSPS) is 15.8. The van der Waals surface area contributed by atoms with Crippen LogP contribution in [0, 0.1) is 0 Å². The number of rotatable bonds is 5. The summed E-state index contributed by atoms with van der Waals surface area (Å²) < 4.78 is 7.16. The van der Waals surface area contributed by atoms with Crippen LogP contribution in [0.3, 0.4) is 0 Å². The van der Waals surface area contributed by atoms with E-state index >= 15 is 0 Å². The Morgan fingerprint density at radius 1 is 1.36 bits per heavy atom. The predicted octanol–water partition coefficient (Wildman–Crippen LogP) is 2.12. The molecule has 3 rings (SSSR count). The van der Waals surface area contributed by atoms with E-state index < -0.39 is 0 Å². The van der Waals surface area contributed by atoms with E-state index in [2.05, 4.69) is 15.0 Å². The van der Waals surface area contributed by atoms with Gasteiger partial charge in [-0.2, -0.15) is 5.10 Å². The number of pyridine rings is 1. The van der Waals surface area contributed by atoms with E-state index in [1.807, 2.05) is 25.3 Å². The Morgan fingerprint density at radius 2 is 2.18 bits per heavy atom. The van der Waals surface area contributed by atoms with Crippen molar-refractivity contribution in [2.75, 3.05) is 18.0 Å². The second kappa shape index (κ2) is 6.60. The number of anilines is 1. The van der Waals surface area contributed by atoms with E-state index in [0.29, 0.717) is 12.1 Å². The molecule has 6 heteroatoms. The van der Waals surface area contributed by atoms with Crippen LogP contribution in [-0.2, 0) is 11.3 Å². The molecular formula is C16H20N4O2. The molecule has 22 heavy (non-hydrogen) atoms. The van der Waals surface area contributed by atoms with Crippen molar-refractivity contribution in [1.82, 2.24) is 14.8 Å². The summed E-state index contributed by atoms with van der Waals surface area (Å²) in [6.45, 7) is 4.47. The average Bonchev–Trinajstić information content (AvgIpc) is 3.20. The van der Waals surface area contributed by atoms with Gasteiger partial charge in [0, 0.05) is 31.7 Å². The lowest BCUT2D eigenvalue weighted by Gasteiger charge is -2.16. The monoisotopic (exact) mass is 300 g/mol. The topological polar surface area (TPSA) is 60.3 Å². The average molecular weight is 300 g/mol. The van der Waals surface area contributed by atoms with Gasteiger partial charge in [-0.25, -0.2) is 9.78 Å². The largest absolute Gasteiger partial charge is 0.457 e. The Kier molecular flexibility index (Phi) is 4.37. The lowest BCUT2D eigenvalue weighted by molar-refractivity contribution is 0.0298. The quantitative estimate of drug-likeness (QED) is 0.792. The molecule has 0 aliphatic carbocycles. The summed E-state index contributed by atoms with van der Waals surface area (Å²) in [5.41, 5.74) is 0.482. The number of ether oxygens (including phenoxy) is 1. The Morgan fingerprint density at radius 3 is 2.82 bits per heavy atom. The van der Waals surface area contributed by atoms with E-state index in [1.165, 1.54) is 12.8 Å². The van der Waals surface area contributed by atoms with Gasteiger partial charge in [0.25, 0.3) is 0 Å². The molecule has 0 aromatic carbocycles. The van der Waals surface area contributed by atoms with Crippen LogP contribution in [0.25, 0.3) is 0 Å². The summed E-state index contributed by atoms with van der Waals surface area (Å²) in [6.07, 6.45) is 7.31. The van der Waals surface area contributed by atoms with Gasteiger partial charge in [0.1, 0.15) is 11.9 Å². The van der Waals surface area contributed by atoms with Crippen LogP contribution in [0.1, 0.15) is 30.1 Å². The zero-order chi connectivity index (χ0) is 15.4. The minimum absolute atomic E-state index is 0.245. The first-order chi connectivity index (χ1) is 10.7. The first kappa shape index (κ1) is 14.6. The molecule has 0 N–H and O–H groups in total. The third kappa shape index (κ3) is 3.44. The van der Waals surface area contributed by atoms with Gasteiger partial charge >= 0.3 is 5.97 Å². The lowest BCUT2D eigenvalue weighted by atomic mass is 10.2. The van der Waals surface area contributed by atoms with Gasteiger partial charge in [-0.3, -0.25) is 4.68 Å². The molecule has 0 spiro atoms. The Bertz CT molecular complexity index is 604. The molecule has 0 saturated carbocycles. The van der Waals surface area contributed by atoms with E-state index in [0.717, 1.165) is 18.9 Å². The SMILES string of the molecule is C[C@H](Cn1cccn1)OC(=O)c1ccc(N2CCCC2)nc1. The molecule has 1 fully saturated rings. The fraction of sp³-hybridized carbons (Fsp3) is 0.438. The Labute approximate surface area is 129 Å². The highest BCUT2D eigenvalue weighted by Crippen LogP contribution is 2.18. The molecule has 3 heterocycles. The molecule has 2 aromatic heterocycles. The van der Waals surface area contributed by atoms with Crippen molar-refractivity contribution in [3.8, 4) is 0 Å². The van der Waals surface area contributed by atoms with Gasteiger partial charge in [0.05, 0.1) is 12.1 Å². The third-order valence-electron chi connectivity index (χ3n) is 3.73. The number of hydrogen-bond donors (Lipinski definition) is 0. The molecule has 1 atom stereocenters. The van der Waals surface area contributed by atoms with Crippen molar-refractivity contribution in [2.45, 2.75) is 32.4 Å². The number of nitrogens with zero attached hydrogens (tertiary/aromatic N) is 4. The summed E-state index contributed by atoms with van der Waals surface area (Å²) >= 11 is 0. The van der Waals surface area contributed by atoms with Crippen LogP contribution in [0.2, 0.25) is 0 Å². The minimum atomic E-state index is -0.347. The summed E-state index contributed by atoms with van der Waals surface area (Å²) in [5, 5.41) is 4.10. The first-order valence-electron chi connectivity index (χ1n) is 7.62. The van der Waals surface area contributed by atoms with Crippen LogP contribution >= 0.6 is 0 Å². The predicted molar refractivity (Wildman–Crippen MR) is 82.8 cm³/mol. The standard InChI is InChI=1S/C16H20N4O2/c1-13(12-20-10-4-7-18-20)22-16(21)14-5-6-15(17-11-14)19-8-2-3-9-19/h4-7,10-11,13H,2-3,8-9,12H2,1H3/t13-/m1/s1. The van der Waals surface area contributed by atoms with Crippen molar-refractivity contribution in [1.29, 1.82) is 0 Å². The molecule has 1 aliphatic heterocycles. The molecule has 1 saturated heterocycles. The molecule has 0 amide bonds. The number of carbonyl (C=O) groups excluding carboxylic acids is 1. The highest BCUT2D eigenvalue weighted by molar-refractivity contribution is 5.89. The van der Waals surface area contributed by atoms with Crippen molar-refractivity contribution >= 4 is 11.8 Å². The second-order valence-corrected chi connectivity index (χ2v) is 5.54. The smallest absolute Gasteiger partial charge is 0.340 e. The van der Waals surface area contributed by atoms with Gasteiger partial charge in [0.15, 0.2) is 0 Å². The van der Waals surface area contributed by atoms with E-state index in [4.69, 9.17) is 4.74 Å². The highest BCUT2D eigenvalue weighted by atomic mass is 16.5. The highest BCUT2D eigenvalue weighted by Gasteiger charge is 2.16. The minimum Gasteiger partial charge on any atom is -0.457 e. The van der Waals surface area contributed by atoms with E-state index in [1.54, 1.807) is 23.1 Å². The van der Waals surface area contributed by atoms with Crippen molar-refractivity contribution in [3.05, 3.63) is 42.4 Å². The lowest BCUT2D eigenvalue weighted by Crippen LogP contribution is -2.22. The van der Waals surface area contributed by atoms with Crippen molar-refractivity contribution in [3.63, 3.8) is 0 Å². The van der Waals surface area contributed by atoms with Gasteiger partial charge in [-0.05, 0) is 38.0 Å². The number of carbonyl (C=O) groups is 1. The fourth-order valence-corrected chi connectivity index (χ4v) is 2.60. The molecule has 6 nitrogen and oxygen atoms in total. The van der Waals surface area contributed by atoms with E-state index in [-0.39, 0.29) is 12.1 Å². The van der Waals surface area contributed by atoms with Gasteiger partial charge < -0.3 is 9.64 Å². The fourth-order valence-electron chi connectivity index (χ4n) is 2.60. The second-order valence-electron chi connectivity index (χ2n) is 5.54. The van der Waals surface area contributed by atoms with E-state index in [9.17, 15) is 4.79 Å². The first-order valence-corrected chi connectivity index (χ1v) is 7.62. The number of esters is 1. The van der Waals surface area contributed by atoms with Crippen molar-refractivity contribution < 1.29 is 9.53 Å². The van der Waals surface area contributed by atoms with Crippen molar-refractivity contribution in [2.24, 2.45) is 0 Å². The summed E-state index contributed by atoms with van der Waals surface area (Å²) in [6, 6.07) is 5.51. The van der Waals surface area contributed by atoms with Crippen LogP contribution in [0.4, 0.5) is 5.82 Å². The molecule has 0 bridgehead atoms. The zero-order valence-corrected chi connectivity index (χ0v) is 12.7. The zero-order valence-electron chi connectivity index (χ0n) is 12.7. The van der Waals surface area contributed by atoms with Gasteiger partial charge in [-0.15, -0.1) is 0 Å². The maximum Gasteiger partial charge on any atom is 0.340 e. The van der Waals surface area contributed by atoms with Gasteiger partial charge in [-0.1, -0.05) is 0 Å². The maximum atomic E-state index is 12.1. The number of hydrogen-bond acceptors (Lipinski definition) is 5. The summed E-state index contributed by atoms with van der Waals surface area (Å²) in [5.74, 6) is 0.582. The molecule has 1 aliphatic rings. The van der Waals surface area contributed by atoms with Crippen LogP contribution in [0.5, 0.6) is 0 Å². The molecule has 0 radical (unpaired) electrons. The molecular weight excluding hydrogens is 280 g/mol. The van der Waals surface area contributed by atoms with Crippen LogP contribution in [0.15, 0.2) is 36.8 Å². The number of aromatic nitrogens is 3. The maximum absolute atomic E-state index is 12.1. The summed E-state index contributed by atoms with van der Waals surface area (Å²) in [7, 11) is 0. The molecule has 116 valence electrons. The van der Waals surface area contributed by atoms with Gasteiger partial charge in [0.2, 0.25) is 0 Å². The molecule has 2 aromatic rings. The summed E-state index contributed by atoms with van der Waals surface area (Å²) in [4.78, 5) is 18.7. The van der Waals surface area contributed by atoms with Crippen LogP contribution in [-0.4, -0.2) is 39.9 Å².